The summed E-state index contributed by atoms with van der Waals surface area (Å²) in [5.74, 6) is 0. The minimum absolute atomic E-state index is 0. The number of hydrogen-bond donors (Lipinski definition) is 0. The molecule has 0 unspecified atom stereocenters. The molecule has 1 saturated carbocycles. The molecule has 0 nitrogen and oxygen atoms in total. The molecule has 1 fully saturated rings. The van der Waals surface area contributed by atoms with E-state index in [1.165, 1.54) is 0 Å². The number of hydrogen-bond acceptors (Lipinski definition) is 0. The molecule has 0 aromatic carbocycles. The second kappa shape index (κ2) is 29.3. The first kappa shape index (κ1) is 36.1. The van der Waals surface area contributed by atoms with Gasteiger partial charge in [0.2, 0.25) is 0 Å². The molecule has 14 heavy (non-hydrogen) atoms. The molecule has 0 amide bonds. The molecule has 0 spiro atoms. The summed E-state index contributed by atoms with van der Waals surface area (Å²) < 4.78 is 0. The zero-order chi connectivity index (χ0) is 5.66. The summed E-state index contributed by atoms with van der Waals surface area (Å²) in [4.78, 5) is 0. The Hall–Kier alpha value is 1.38. The molecule has 0 saturated heterocycles. The quantitative estimate of drug-likeness (QED) is 0.403. The zero-order valence-corrected chi connectivity index (χ0v) is 13.8. The Morgan fingerprint density at radius 2 is 0.357 bits per heavy atom. The fourth-order valence-electron chi connectivity index (χ4n) is 0.513. The summed E-state index contributed by atoms with van der Waals surface area (Å²) in [7, 11) is 0. The summed E-state index contributed by atoms with van der Waals surface area (Å²) in [5.41, 5.74) is 0. The standard InChI is InChI=1S/C8H8.4CH3.2Pt/c1-2-4-6-8-7-5-3-1;;;;;;/h1-8H;4*1H3;;/q;4*-1;2*+2. The van der Waals surface area contributed by atoms with Crippen molar-refractivity contribution in [1.29, 1.82) is 0 Å². The second-order valence-electron chi connectivity index (χ2n) is 1.54. The van der Waals surface area contributed by atoms with Crippen LogP contribution in [0.2, 0.25) is 0 Å². The van der Waals surface area contributed by atoms with Crippen LogP contribution in [0.15, 0.2) is 0 Å². The van der Waals surface area contributed by atoms with Crippen LogP contribution in [0.4, 0.5) is 0 Å². The molecule has 1 rings (SSSR count). The van der Waals surface area contributed by atoms with E-state index < -0.39 is 0 Å². The molecule has 0 aromatic rings. The number of rotatable bonds is 0. The normalized spacial score (nSPS) is 13.7. The van der Waals surface area contributed by atoms with Crippen LogP contribution in [0.5, 0.6) is 0 Å². The molecule has 0 bridgehead atoms. The van der Waals surface area contributed by atoms with Crippen molar-refractivity contribution < 1.29 is 42.1 Å². The molecule has 0 heterocycles. The van der Waals surface area contributed by atoms with E-state index >= 15 is 0 Å². The second-order valence-corrected chi connectivity index (χ2v) is 1.54. The van der Waals surface area contributed by atoms with Crippen LogP contribution in [-0.2, 0) is 42.1 Å². The van der Waals surface area contributed by atoms with E-state index in [1.807, 2.05) is 51.4 Å². The van der Waals surface area contributed by atoms with Crippen molar-refractivity contribution in [3.8, 4) is 0 Å². The Bertz CT molecular complexity index is 32.3. The molecule has 8 radical (unpaired) electrons. The third kappa shape index (κ3) is 23.3. The van der Waals surface area contributed by atoms with Crippen molar-refractivity contribution in [3.05, 3.63) is 81.1 Å². The van der Waals surface area contributed by atoms with Crippen LogP contribution >= 0.6 is 0 Å². The first-order chi connectivity index (χ1) is 4.00. The van der Waals surface area contributed by atoms with Crippen molar-refractivity contribution in [1.82, 2.24) is 0 Å². The van der Waals surface area contributed by atoms with Gasteiger partial charge < -0.3 is 29.7 Å². The van der Waals surface area contributed by atoms with Gasteiger partial charge in [0.05, 0.1) is 0 Å². The van der Waals surface area contributed by atoms with E-state index in [2.05, 4.69) is 0 Å². The topological polar surface area (TPSA) is 0 Å². The molecule has 1 aliphatic carbocycles. The van der Waals surface area contributed by atoms with Crippen molar-refractivity contribution in [2.45, 2.75) is 0 Å². The maximum atomic E-state index is 2.00. The minimum atomic E-state index is 0. The van der Waals surface area contributed by atoms with Gasteiger partial charge in [0.1, 0.15) is 0 Å². The predicted molar refractivity (Wildman–Crippen MR) is 60.1 cm³/mol. The van der Waals surface area contributed by atoms with Crippen molar-refractivity contribution in [3.63, 3.8) is 0 Å². The van der Waals surface area contributed by atoms with Gasteiger partial charge in [0, 0.05) is 0 Å². The van der Waals surface area contributed by atoms with Gasteiger partial charge in [-0.3, -0.25) is 0 Å². The first-order valence-electron chi connectivity index (χ1n) is 2.67. The molecular formula is C12H20Pt2. The predicted octanol–water partition coefficient (Wildman–Crippen LogP) is 3.43. The van der Waals surface area contributed by atoms with E-state index in [0.717, 1.165) is 0 Å². The maximum Gasteiger partial charge on any atom is 2.00 e. The van der Waals surface area contributed by atoms with E-state index in [0.29, 0.717) is 0 Å². The molecule has 0 N–H and O–H groups in total. The zero-order valence-electron chi connectivity index (χ0n) is 9.25. The van der Waals surface area contributed by atoms with E-state index in [4.69, 9.17) is 0 Å². The van der Waals surface area contributed by atoms with Gasteiger partial charge in [-0.25, -0.2) is 0 Å². The first-order valence-corrected chi connectivity index (χ1v) is 2.67. The van der Waals surface area contributed by atoms with Crippen molar-refractivity contribution in [2.75, 3.05) is 0 Å². The molecule has 1 aliphatic rings. The summed E-state index contributed by atoms with van der Waals surface area (Å²) >= 11 is 0. The molecule has 0 aromatic heterocycles. The molecule has 0 atom stereocenters. The van der Waals surface area contributed by atoms with Crippen LogP contribution < -0.4 is 0 Å². The molecular weight excluding hydrogens is 534 g/mol. The van der Waals surface area contributed by atoms with E-state index in [1.54, 1.807) is 0 Å². The molecule has 88 valence electrons. The van der Waals surface area contributed by atoms with Crippen LogP contribution in [0.1, 0.15) is 0 Å². The Balaban J connectivity index is -0.0000000267. The van der Waals surface area contributed by atoms with E-state index in [9.17, 15) is 0 Å². The average Bonchev–Trinajstić information content (AvgIpc) is 1.62. The summed E-state index contributed by atoms with van der Waals surface area (Å²) in [6.45, 7) is 0. The largest absolute Gasteiger partial charge is 2.00 e. The van der Waals surface area contributed by atoms with E-state index in [-0.39, 0.29) is 71.8 Å². The van der Waals surface area contributed by atoms with Gasteiger partial charge in [0.15, 0.2) is 0 Å². The Labute approximate surface area is 123 Å². The van der Waals surface area contributed by atoms with Crippen LogP contribution in [-0.4, -0.2) is 0 Å². The monoisotopic (exact) mass is 554 g/mol. The van der Waals surface area contributed by atoms with Gasteiger partial charge in [-0.2, -0.15) is 0 Å². The van der Waals surface area contributed by atoms with Crippen LogP contribution in [0.3, 0.4) is 0 Å². The molecule has 2 heteroatoms. The fourth-order valence-corrected chi connectivity index (χ4v) is 0.513. The van der Waals surface area contributed by atoms with Gasteiger partial charge in [-0.15, -0.1) is 0 Å². The Morgan fingerprint density at radius 1 is 0.286 bits per heavy atom. The van der Waals surface area contributed by atoms with Crippen molar-refractivity contribution >= 4 is 0 Å². The van der Waals surface area contributed by atoms with Gasteiger partial charge >= 0.3 is 42.1 Å². The summed E-state index contributed by atoms with van der Waals surface area (Å²) in [5, 5.41) is 0. The molecule has 0 aliphatic heterocycles. The smallest absolute Gasteiger partial charge is 0.358 e. The Morgan fingerprint density at radius 3 is 0.429 bits per heavy atom. The van der Waals surface area contributed by atoms with Crippen LogP contribution in [0, 0.1) is 81.1 Å². The van der Waals surface area contributed by atoms with Gasteiger partial charge in [0.25, 0.3) is 0 Å². The third-order valence-electron chi connectivity index (χ3n) is 0.889. The van der Waals surface area contributed by atoms with Crippen LogP contribution in [0.25, 0.3) is 0 Å². The van der Waals surface area contributed by atoms with Gasteiger partial charge in [-0.05, 0) is 51.4 Å². The van der Waals surface area contributed by atoms with Crippen molar-refractivity contribution in [2.24, 2.45) is 0 Å². The maximum absolute atomic E-state index is 2.00. The SMILES string of the molecule is [CH3-].[CH3-].[CH3-].[CH3-].[CH]1[CH][CH][CH][CH][CH][CH][CH]1.[Pt+2].[Pt+2]. The third-order valence-corrected chi connectivity index (χ3v) is 0.889. The summed E-state index contributed by atoms with van der Waals surface area (Å²) in [6, 6.07) is 0. The minimum Gasteiger partial charge on any atom is -0.358 e. The fraction of sp³-hybridized carbons (Fsp3) is 0. The Kier molecular flexibility index (Phi) is 75.5. The average molecular weight is 554 g/mol. The van der Waals surface area contributed by atoms with Gasteiger partial charge in [-0.1, -0.05) is 0 Å². The summed E-state index contributed by atoms with van der Waals surface area (Å²) in [6.07, 6.45) is 16.0.